The minimum Gasteiger partial charge on any atom is -0.464 e. The molecule has 0 saturated carbocycles. The average molecular weight is 206 g/mol. The van der Waals surface area contributed by atoms with Crippen LogP contribution in [0.4, 0.5) is 0 Å². The van der Waals surface area contributed by atoms with E-state index < -0.39 is 18.2 Å². The van der Waals surface area contributed by atoms with Crippen LogP contribution in [-0.2, 0) is 14.3 Å². The van der Waals surface area contributed by atoms with Gasteiger partial charge >= 0.3 is 5.97 Å². The number of aliphatic hydroxyl groups is 2. The zero-order valence-corrected chi connectivity index (χ0v) is 8.60. The van der Waals surface area contributed by atoms with Gasteiger partial charge in [-0.3, -0.25) is 0 Å². The van der Waals surface area contributed by atoms with Gasteiger partial charge in [0.15, 0.2) is 6.10 Å². The van der Waals surface area contributed by atoms with E-state index in [0.29, 0.717) is 13.0 Å². The van der Waals surface area contributed by atoms with Crippen molar-refractivity contribution in [1.82, 2.24) is 0 Å². The summed E-state index contributed by atoms with van der Waals surface area (Å²) in [7, 11) is 0. The molecule has 0 spiro atoms. The maximum Gasteiger partial charge on any atom is 0.335 e. The topological polar surface area (TPSA) is 76.0 Å². The predicted octanol–water partition coefficient (Wildman–Crippen LogP) is -0.302. The van der Waals surface area contributed by atoms with Crippen LogP contribution in [-0.4, -0.2) is 48.2 Å². The third-order valence-corrected chi connectivity index (χ3v) is 1.62. The van der Waals surface area contributed by atoms with Gasteiger partial charge in [-0.05, 0) is 13.3 Å². The lowest BCUT2D eigenvalue weighted by Gasteiger charge is -2.16. The molecule has 0 aliphatic rings. The zero-order valence-electron chi connectivity index (χ0n) is 8.60. The molecule has 0 rings (SSSR count). The van der Waals surface area contributed by atoms with Gasteiger partial charge in [0.2, 0.25) is 0 Å². The van der Waals surface area contributed by atoms with Crippen LogP contribution in [0.2, 0.25) is 0 Å². The highest BCUT2D eigenvalue weighted by Gasteiger charge is 2.19. The largest absolute Gasteiger partial charge is 0.464 e. The molecule has 0 aromatic heterocycles. The molecule has 5 heteroatoms. The van der Waals surface area contributed by atoms with Crippen LogP contribution in [0.15, 0.2) is 0 Å². The Labute approximate surface area is 83.6 Å². The van der Waals surface area contributed by atoms with Crippen LogP contribution in [0.5, 0.6) is 0 Å². The van der Waals surface area contributed by atoms with Gasteiger partial charge in [-0.25, -0.2) is 4.79 Å². The van der Waals surface area contributed by atoms with Gasteiger partial charge in [-0.1, -0.05) is 6.92 Å². The van der Waals surface area contributed by atoms with E-state index in [4.69, 9.17) is 19.7 Å². The minimum atomic E-state index is -0.946. The number of esters is 1. The molecule has 0 radical (unpaired) electrons. The molecule has 2 unspecified atom stereocenters. The normalized spacial score (nSPS) is 14.9. The molecule has 0 aliphatic heterocycles. The summed E-state index contributed by atoms with van der Waals surface area (Å²) in [5.74, 6) is -0.430. The number of aliphatic hydroxyl groups excluding tert-OH is 2. The van der Waals surface area contributed by atoms with E-state index in [9.17, 15) is 4.79 Å². The monoisotopic (exact) mass is 206 g/mol. The fraction of sp³-hybridized carbons (Fsp3) is 0.889. The van der Waals surface area contributed by atoms with Crippen molar-refractivity contribution in [3.63, 3.8) is 0 Å². The van der Waals surface area contributed by atoms with Gasteiger partial charge in [-0.15, -0.1) is 0 Å². The van der Waals surface area contributed by atoms with Crippen molar-refractivity contribution in [2.24, 2.45) is 0 Å². The highest BCUT2D eigenvalue weighted by atomic mass is 16.6. The number of hydrogen-bond donors (Lipinski definition) is 2. The van der Waals surface area contributed by atoms with Gasteiger partial charge in [0.05, 0.1) is 19.8 Å². The van der Waals surface area contributed by atoms with Gasteiger partial charge in [0, 0.05) is 0 Å². The van der Waals surface area contributed by atoms with Crippen molar-refractivity contribution in [3.8, 4) is 0 Å². The second-order valence-electron chi connectivity index (χ2n) is 2.82. The van der Waals surface area contributed by atoms with Crippen LogP contribution >= 0.6 is 0 Å². The summed E-state index contributed by atoms with van der Waals surface area (Å²) in [4.78, 5) is 11.2. The number of hydrogen-bond acceptors (Lipinski definition) is 5. The molecular weight excluding hydrogens is 188 g/mol. The highest BCUT2D eigenvalue weighted by molar-refractivity contribution is 5.74. The Morgan fingerprint density at radius 1 is 1.43 bits per heavy atom. The summed E-state index contributed by atoms with van der Waals surface area (Å²) in [5.41, 5.74) is 0. The van der Waals surface area contributed by atoms with E-state index in [1.807, 2.05) is 0 Å². The first kappa shape index (κ1) is 13.4. The van der Waals surface area contributed by atoms with Crippen LogP contribution in [0, 0.1) is 0 Å². The molecule has 0 fully saturated rings. The van der Waals surface area contributed by atoms with Crippen molar-refractivity contribution in [1.29, 1.82) is 0 Å². The van der Waals surface area contributed by atoms with E-state index in [1.165, 1.54) is 0 Å². The molecule has 0 heterocycles. The van der Waals surface area contributed by atoms with Gasteiger partial charge in [0.1, 0.15) is 6.10 Å². The third kappa shape index (κ3) is 5.16. The number of carbonyl (C=O) groups excluding carboxylic acids is 1. The van der Waals surface area contributed by atoms with E-state index >= 15 is 0 Å². The molecule has 0 aromatic rings. The lowest BCUT2D eigenvalue weighted by molar-refractivity contribution is -0.159. The average Bonchev–Trinajstić information content (AvgIpc) is 2.18. The summed E-state index contributed by atoms with van der Waals surface area (Å²) in [6, 6.07) is 0. The summed E-state index contributed by atoms with van der Waals surface area (Å²) < 4.78 is 9.83. The van der Waals surface area contributed by atoms with E-state index in [-0.39, 0.29) is 13.2 Å². The Morgan fingerprint density at radius 3 is 2.50 bits per heavy atom. The molecule has 0 bridgehead atoms. The lowest BCUT2D eigenvalue weighted by Crippen LogP contribution is -2.30. The molecule has 2 N–H and O–H groups in total. The fourth-order valence-electron chi connectivity index (χ4n) is 0.868. The molecule has 14 heavy (non-hydrogen) atoms. The zero-order chi connectivity index (χ0) is 11.0. The van der Waals surface area contributed by atoms with Crippen LogP contribution < -0.4 is 0 Å². The maximum atomic E-state index is 11.2. The minimum absolute atomic E-state index is 0.0617. The number of rotatable bonds is 7. The van der Waals surface area contributed by atoms with Crippen molar-refractivity contribution in [3.05, 3.63) is 0 Å². The fourth-order valence-corrected chi connectivity index (χ4v) is 0.868. The number of ether oxygens (including phenoxy) is 2. The molecule has 0 saturated heterocycles. The Bertz CT molecular complexity index is 159. The van der Waals surface area contributed by atoms with Crippen LogP contribution in [0.1, 0.15) is 20.3 Å². The lowest BCUT2D eigenvalue weighted by atomic mass is 10.3. The second-order valence-corrected chi connectivity index (χ2v) is 2.82. The molecule has 0 aliphatic carbocycles. The quantitative estimate of drug-likeness (QED) is 0.559. The molecule has 84 valence electrons. The third-order valence-electron chi connectivity index (χ3n) is 1.62. The standard InChI is InChI=1S/C9H18O5/c1-3-8(9(12)13-4-2)14-6-7(11)5-10/h7-8,10-11H,3-6H2,1-2H3. The maximum absolute atomic E-state index is 11.2. The first-order valence-electron chi connectivity index (χ1n) is 4.72. The van der Waals surface area contributed by atoms with Crippen LogP contribution in [0.25, 0.3) is 0 Å². The highest BCUT2D eigenvalue weighted by Crippen LogP contribution is 2.02. The smallest absolute Gasteiger partial charge is 0.335 e. The van der Waals surface area contributed by atoms with E-state index in [2.05, 4.69) is 0 Å². The van der Waals surface area contributed by atoms with Gasteiger partial charge in [-0.2, -0.15) is 0 Å². The van der Waals surface area contributed by atoms with Gasteiger partial charge in [0.25, 0.3) is 0 Å². The summed E-state index contributed by atoms with van der Waals surface area (Å²) in [6.45, 7) is 3.37. The molecule has 0 amide bonds. The molecule has 0 aromatic carbocycles. The van der Waals surface area contributed by atoms with Gasteiger partial charge < -0.3 is 19.7 Å². The SMILES string of the molecule is CCOC(=O)C(CC)OCC(O)CO. The summed E-state index contributed by atoms with van der Waals surface area (Å²) >= 11 is 0. The van der Waals surface area contributed by atoms with E-state index in [1.54, 1.807) is 13.8 Å². The summed E-state index contributed by atoms with van der Waals surface area (Å²) in [5, 5.41) is 17.5. The van der Waals surface area contributed by atoms with Crippen molar-refractivity contribution < 1.29 is 24.5 Å². The molecule has 2 atom stereocenters. The van der Waals surface area contributed by atoms with E-state index in [0.717, 1.165) is 0 Å². The first-order chi connectivity index (χ1) is 6.65. The Hall–Kier alpha value is -0.650. The Morgan fingerprint density at radius 2 is 2.07 bits per heavy atom. The van der Waals surface area contributed by atoms with Crippen molar-refractivity contribution >= 4 is 5.97 Å². The van der Waals surface area contributed by atoms with Crippen molar-refractivity contribution in [2.75, 3.05) is 19.8 Å². The Balaban J connectivity index is 3.84. The first-order valence-corrected chi connectivity index (χ1v) is 4.72. The molecule has 5 nitrogen and oxygen atoms in total. The molecular formula is C9H18O5. The predicted molar refractivity (Wildman–Crippen MR) is 49.8 cm³/mol. The van der Waals surface area contributed by atoms with Crippen molar-refractivity contribution in [2.45, 2.75) is 32.5 Å². The van der Waals surface area contributed by atoms with Crippen LogP contribution in [0.3, 0.4) is 0 Å². The number of carbonyl (C=O) groups is 1. The summed E-state index contributed by atoms with van der Waals surface area (Å²) in [6.07, 6.45) is -1.12. The Kier molecular flexibility index (Phi) is 7.37. The second kappa shape index (κ2) is 7.73.